The van der Waals surface area contributed by atoms with Crippen LogP contribution in [0.15, 0.2) is 60.7 Å². The van der Waals surface area contributed by atoms with Gasteiger partial charge in [0.05, 0.1) is 24.7 Å². The first-order valence-electron chi connectivity index (χ1n) is 16.0. The number of hydrogen-bond donors (Lipinski definition) is 2. The number of halogens is 2. The number of phenolic OH excluding ortho intramolecular Hbond substituents is 1. The Kier molecular flexibility index (Phi) is 8.81. The van der Waals surface area contributed by atoms with E-state index in [2.05, 4.69) is 9.80 Å². The lowest BCUT2D eigenvalue weighted by molar-refractivity contribution is 0.245. The van der Waals surface area contributed by atoms with E-state index in [1.165, 1.54) is 6.07 Å². The molecule has 2 N–H and O–H groups in total. The Morgan fingerprint density at radius 3 is 2.44 bits per heavy atom. The van der Waals surface area contributed by atoms with Gasteiger partial charge in [-0.3, -0.25) is 4.90 Å². The molecule has 4 aromatic carbocycles. The van der Waals surface area contributed by atoms with Crippen LogP contribution in [0.5, 0.6) is 17.2 Å². The second-order valence-corrected chi connectivity index (χ2v) is 16.4. The molecule has 0 atom stereocenters. The minimum atomic E-state index is -2.84. The molecule has 0 amide bonds. The molecule has 5 aromatic rings. The molecule has 2 saturated heterocycles. The van der Waals surface area contributed by atoms with Gasteiger partial charge in [-0.05, 0) is 54.7 Å². The highest BCUT2D eigenvalue weighted by Gasteiger charge is 2.38. The summed E-state index contributed by atoms with van der Waals surface area (Å²) < 4.78 is 27.9. The molecule has 7 rings (SSSR count). The highest BCUT2D eigenvalue weighted by atomic mass is 35.5. The zero-order valence-corrected chi connectivity index (χ0v) is 29.1. The van der Waals surface area contributed by atoms with Crippen molar-refractivity contribution in [2.75, 3.05) is 71.7 Å². The van der Waals surface area contributed by atoms with Gasteiger partial charge in [0.25, 0.3) is 0 Å². The normalized spacial score (nSPS) is 16.9. The summed E-state index contributed by atoms with van der Waals surface area (Å²) in [6.07, 6.45) is 0.991. The number of rotatable bonds is 8. The minimum Gasteiger partial charge on any atom is -0.508 e. The van der Waals surface area contributed by atoms with Gasteiger partial charge < -0.3 is 29.3 Å². The maximum absolute atomic E-state index is 17.0. The fraction of sp³-hybridized carbons (Fsp3) is 0.333. The minimum absolute atomic E-state index is 0.0119. The van der Waals surface area contributed by atoms with Crippen LogP contribution in [0.3, 0.4) is 0 Å². The molecule has 12 heteroatoms. The molecule has 3 heterocycles. The van der Waals surface area contributed by atoms with Crippen LogP contribution in [0.1, 0.15) is 5.56 Å². The van der Waals surface area contributed by atoms with Crippen LogP contribution in [-0.4, -0.2) is 103 Å². The van der Waals surface area contributed by atoms with E-state index in [0.29, 0.717) is 73.4 Å². The van der Waals surface area contributed by atoms with Crippen LogP contribution in [0, 0.1) is 5.82 Å². The molecule has 48 heavy (non-hydrogen) atoms. The molecule has 9 nitrogen and oxygen atoms in total. The summed E-state index contributed by atoms with van der Waals surface area (Å²) >= 11 is 6.92. The monoisotopic (exact) mass is 690 g/mol. The summed E-state index contributed by atoms with van der Waals surface area (Å²) in [5.74, 6) is 1.30. The van der Waals surface area contributed by atoms with E-state index >= 15 is 4.39 Å². The Morgan fingerprint density at radius 1 is 0.979 bits per heavy atom. The van der Waals surface area contributed by atoms with E-state index in [-0.39, 0.29) is 21.9 Å². The van der Waals surface area contributed by atoms with Crippen LogP contribution in [-0.2, 0) is 6.54 Å². The highest BCUT2D eigenvalue weighted by Crippen LogP contribution is 2.56. The van der Waals surface area contributed by atoms with E-state index in [1.54, 1.807) is 26.4 Å². The molecule has 0 spiro atoms. The van der Waals surface area contributed by atoms with E-state index in [0.717, 1.165) is 27.8 Å². The maximum atomic E-state index is 17.0. The summed E-state index contributed by atoms with van der Waals surface area (Å²) in [6.45, 7) is 3.33. The lowest BCUT2D eigenvalue weighted by Crippen LogP contribution is -2.58. The van der Waals surface area contributed by atoms with Crippen LogP contribution < -0.4 is 19.8 Å². The molecule has 0 saturated carbocycles. The summed E-state index contributed by atoms with van der Waals surface area (Å²) in [5.41, 5.74) is 2.28. The number of likely N-dealkylation sites (N-methyl/N-ethyl adjacent to an activating group) is 1. The molecule has 2 aliphatic heterocycles. The Hall–Kier alpha value is -3.79. The number of aromatic hydroxyl groups is 1. The maximum Gasteiger partial charge on any atom is 0.226 e. The van der Waals surface area contributed by atoms with Crippen molar-refractivity contribution in [2.24, 2.45) is 0 Å². The summed E-state index contributed by atoms with van der Waals surface area (Å²) in [7, 11) is 4.50. The molecule has 2 aliphatic rings. The zero-order valence-electron chi connectivity index (χ0n) is 27.5. The van der Waals surface area contributed by atoms with Gasteiger partial charge in [0.1, 0.15) is 22.8 Å². The van der Waals surface area contributed by atoms with Crippen LogP contribution in [0.2, 0.25) is 5.02 Å². The molecule has 1 aromatic heterocycles. The predicted octanol–water partition coefficient (Wildman–Crippen LogP) is 5.78. The van der Waals surface area contributed by atoms with Crippen molar-refractivity contribution < 1.29 is 23.9 Å². The van der Waals surface area contributed by atoms with Gasteiger partial charge in [-0.2, -0.15) is 0 Å². The van der Waals surface area contributed by atoms with Gasteiger partial charge in [0.2, 0.25) is 5.95 Å². The number of fused-ring (bicyclic) bond motifs is 2. The average Bonchev–Trinajstić information content (AvgIpc) is 3.05. The van der Waals surface area contributed by atoms with Gasteiger partial charge in [0.15, 0.2) is 5.82 Å². The van der Waals surface area contributed by atoms with Crippen molar-refractivity contribution in [3.05, 3.63) is 77.1 Å². The number of nitrogens with zero attached hydrogens (tertiary/aromatic N) is 5. The number of anilines is 1. The first kappa shape index (κ1) is 32.7. The van der Waals surface area contributed by atoms with Crippen molar-refractivity contribution in [3.8, 4) is 28.4 Å². The fourth-order valence-corrected chi connectivity index (χ4v) is 9.81. The van der Waals surface area contributed by atoms with Crippen molar-refractivity contribution in [2.45, 2.75) is 12.6 Å². The molecular weight excluding hydrogens is 652 g/mol. The Morgan fingerprint density at radius 2 is 1.73 bits per heavy atom. The largest absolute Gasteiger partial charge is 0.508 e. The number of aromatic nitrogens is 2. The molecule has 0 bridgehead atoms. The molecule has 251 valence electrons. The van der Waals surface area contributed by atoms with Crippen molar-refractivity contribution in [1.82, 2.24) is 19.8 Å². The Labute approximate surface area is 284 Å². The first-order chi connectivity index (χ1) is 23.1. The Balaban J connectivity index is 1.29. The van der Waals surface area contributed by atoms with Crippen molar-refractivity contribution in [3.63, 3.8) is 0 Å². The fourth-order valence-electron chi connectivity index (χ4n) is 6.75. The highest BCUT2D eigenvalue weighted by molar-refractivity contribution is 7.78. The van der Waals surface area contributed by atoms with Crippen LogP contribution in [0.4, 0.5) is 10.3 Å². The SMILES string of the molecule is COc1ccc(CN2CC[P](O)(c3nc(N4CC(N(C)C)C4)nc4c(F)c(-c5cc(O)cc6ccccc56)c(Cl)cc34)CC2)c(OC)c1. The number of phenols is 1. The average molecular weight is 691 g/mol. The number of hydrogen-bond acceptors (Lipinski definition) is 9. The third-order valence-corrected chi connectivity index (χ3v) is 13.0. The lowest BCUT2D eigenvalue weighted by atomic mass is 9.96. The Bertz CT molecular complexity index is 2020. The topological polar surface area (TPSA) is 94.4 Å². The van der Waals surface area contributed by atoms with E-state index < -0.39 is 13.3 Å². The number of benzene rings is 4. The van der Waals surface area contributed by atoms with Gasteiger partial charge in [-0.15, -0.1) is 0 Å². The number of methoxy groups -OCH3 is 2. The molecule has 1 radical (unpaired) electrons. The molecule has 0 unspecified atom stereocenters. The second-order valence-electron chi connectivity index (χ2n) is 12.9. The molecule has 0 aliphatic carbocycles. The van der Waals surface area contributed by atoms with Gasteiger partial charge in [-0.1, -0.05) is 41.9 Å². The summed E-state index contributed by atoms with van der Waals surface area (Å²) in [6, 6.07) is 18.5. The van der Waals surface area contributed by atoms with Gasteiger partial charge in [-0.25, -0.2) is 14.4 Å². The third-order valence-electron chi connectivity index (χ3n) is 9.70. The van der Waals surface area contributed by atoms with E-state index in [1.807, 2.05) is 61.5 Å². The summed E-state index contributed by atoms with van der Waals surface area (Å²) in [4.78, 5) is 28.7. The third kappa shape index (κ3) is 5.90. The quantitative estimate of drug-likeness (QED) is 0.197. The van der Waals surface area contributed by atoms with Crippen molar-refractivity contribution >= 4 is 52.1 Å². The van der Waals surface area contributed by atoms with E-state index in [4.69, 9.17) is 31.0 Å². The standard InChI is InChI=1S/C36H39ClFN5O4P/c1-41(2)24-20-43(21-24)36-39-34-29(18-30(37)32(33(34)38)28-16-25(44)15-22-7-5-6-8-27(22)28)35(40-36)48(45)13-11-42(12-14-48)19-23-9-10-26(46-3)17-31(23)47-4/h5-10,15-18,24,44-45H,11-14,19-21H2,1-4H3. The van der Waals surface area contributed by atoms with E-state index in [9.17, 15) is 10.00 Å². The van der Waals surface area contributed by atoms with Crippen LogP contribution >= 0.6 is 19.1 Å². The summed E-state index contributed by atoms with van der Waals surface area (Å²) in [5, 5.41) is 12.7. The smallest absolute Gasteiger partial charge is 0.226 e. The van der Waals surface area contributed by atoms with Gasteiger partial charge in [0, 0.05) is 81.2 Å². The first-order valence-corrected chi connectivity index (χ1v) is 18.4. The second kappa shape index (κ2) is 12.9. The van der Waals surface area contributed by atoms with Crippen LogP contribution in [0.25, 0.3) is 32.8 Å². The number of ether oxygens (including phenoxy) is 2. The predicted molar refractivity (Wildman–Crippen MR) is 192 cm³/mol. The lowest BCUT2D eigenvalue weighted by Gasteiger charge is -2.44. The zero-order chi connectivity index (χ0) is 33.7. The van der Waals surface area contributed by atoms with Crippen molar-refractivity contribution in [1.29, 1.82) is 0 Å². The van der Waals surface area contributed by atoms with Gasteiger partial charge >= 0.3 is 0 Å². The molecular formula is C36H39ClFN5O4P. The molecule has 2 fully saturated rings.